The van der Waals surface area contributed by atoms with E-state index in [4.69, 9.17) is 13.9 Å². The summed E-state index contributed by atoms with van der Waals surface area (Å²) in [6, 6.07) is 18.8. The molecule has 38 heavy (non-hydrogen) atoms. The zero-order valence-electron chi connectivity index (χ0n) is 21.6. The van der Waals surface area contributed by atoms with Gasteiger partial charge in [0, 0.05) is 17.0 Å². The number of carbonyl (C=O) groups is 1. The van der Waals surface area contributed by atoms with Gasteiger partial charge in [-0.05, 0) is 50.5 Å². The molecule has 0 atom stereocenters. The molecule has 1 saturated carbocycles. The molecule has 0 radical (unpaired) electrons. The van der Waals surface area contributed by atoms with Crippen LogP contribution in [0.15, 0.2) is 77.4 Å². The van der Waals surface area contributed by atoms with Crippen LogP contribution in [0.2, 0.25) is 0 Å². The Balaban J connectivity index is 0.000000194. The SMILES string of the molecule is CCOC(=O)c1coc(C2CCCC2)n1.Cc1ccc(F)c(-c2cccc(F)c2OCc2ccccc2)c1. The quantitative estimate of drug-likeness (QED) is 0.231. The van der Waals surface area contributed by atoms with Crippen molar-refractivity contribution in [1.82, 2.24) is 4.98 Å². The lowest BCUT2D eigenvalue weighted by Gasteiger charge is -2.14. The highest BCUT2D eigenvalue weighted by atomic mass is 19.1. The van der Waals surface area contributed by atoms with E-state index in [1.54, 1.807) is 31.2 Å². The van der Waals surface area contributed by atoms with Gasteiger partial charge in [-0.15, -0.1) is 0 Å². The van der Waals surface area contributed by atoms with Crippen LogP contribution in [-0.2, 0) is 11.3 Å². The molecule has 5 rings (SSSR count). The van der Waals surface area contributed by atoms with Crippen LogP contribution in [0.4, 0.5) is 8.78 Å². The van der Waals surface area contributed by atoms with Gasteiger partial charge in [0.25, 0.3) is 0 Å². The molecule has 1 aromatic heterocycles. The van der Waals surface area contributed by atoms with Gasteiger partial charge in [0.1, 0.15) is 18.7 Å². The predicted molar refractivity (Wildman–Crippen MR) is 141 cm³/mol. The number of carbonyl (C=O) groups excluding carboxylic acids is 1. The summed E-state index contributed by atoms with van der Waals surface area (Å²) in [5.41, 5.74) is 2.87. The standard InChI is InChI=1S/C20H16F2O.C11H15NO3/c1-14-10-11-18(21)17(12-14)16-8-5-9-19(22)20(16)23-13-15-6-3-2-4-7-15;1-2-14-11(13)9-7-15-10(12-9)8-5-3-4-6-8/h2-12H,13H2,1H3;7-8H,2-6H2,1H3. The van der Waals surface area contributed by atoms with Crippen molar-refractivity contribution in [3.8, 4) is 16.9 Å². The van der Waals surface area contributed by atoms with Crippen LogP contribution in [0.5, 0.6) is 5.75 Å². The third-order valence-corrected chi connectivity index (χ3v) is 6.32. The van der Waals surface area contributed by atoms with Crippen molar-refractivity contribution in [3.05, 3.63) is 107 Å². The highest BCUT2D eigenvalue weighted by Gasteiger charge is 2.23. The zero-order chi connectivity index (χ0) is 26.9. The predicted octanol–water partition coefficient (Wildman–Crippen LogP) is 8.03. The number of aromatic nitrogens is 1. The molecule has 1 aliphatic rings. The molecule has 0 amide bonds. The molecule has 1 fully saturated rings. The molecule has 0 saturated heterocycles. The minimum atomic E-state index is -0.501. The Hall–Kier alpha value is -4.00. The third kappa shape index (κ3) is 6.85. The van der Waals surface area contributed by atoms with Gasteiger partial charge in [-0.25, -0.2) is 18.6 Å². The minimum Gasteiger partial charge on any atom is -0.485 e. The van der Waals surface area contributed by atoms with Crippen molar-refractivity contribution in [1.29, 1.82) is 0 Å². The number of aryl methyl sites for hydroxylation is 1. The van der Waals surface area contributed by atoms with E-state index in [0.717, 1.165) is 24.0 Å². The summed E-state index contributed by atoms with van der Waals surface area (Å²) in [5.74, 6) is -0.139. The summed E-state index contributed by atoms with van der Waals surface area (Å²) in [7, 11) is 0. The summed E-state index contributed by atoms with van der Waals surface area (Å²) < 4.78 is 44.2. The van der Waals surface area contributed by atoms with Crippen LogP contribution in [0.25, 0.3) is 11.1 Å². The average Bonchev–Trinajstić information content (AvgIpc) is 3.63. The maximum Gasteiger partial charge on any atom is 0.360 e. The van der Waals surface area contributed by atoms with Crippen molar-refractivity contribution in [3.63, 3.8) is 0 Å². The Morgan fingerprint density at radius 2 is 1.74 bits per heavy atom. The van der Waals surface area contributed by atoms with Crippen molar-refractivity contribution in [2.24, 2.45) is 0 Å². The van der Waals surface area contributed by atoms with E-state index in [9.17, 15) is 13.6 Å². The monoisotopic (exact) mass is 519 g/mol. The van der Waals surface area contributed by atoms with Crippen LogP contribution in [0, 0.1) is 18.6 Å². The van der Waals surface area contributed by atoms with Gasteiger partial charge in [0.05, 0.1) is 6.61 Å². The highest BCUT2D eigenvalue weighted by Crippen LogP contribution is 2.35. The average molecular weight is 520 g/mol. The molecule has 3 aromatic carbocycles. The fraction of sp³-hybridized carbons (Fsp3) is 0.290. The molecule has 4 aromatic rings. The molecule has 198 valence electrons. The summed E-state index contributed by atoms with van der Waals surface area (Å²) in [5, 5.41) is 0. The van der Waals surface area contributed by atoms with Gasteiger partial charge in [0.15, 0.2) is 23.2 Å². The van der Waals surface area contributed by atoms with Crippen LogP contribution in [0.3, 0.4) is 0 Å². The van der Waals surface area contributed by atoms with E-state index < -0.39 is 17.6 Å². The van der Waals surface area contributed by atoms with E-state index in [1.165, 1.54) is 31.2 Å². The maximum absolute atomic E-state index is 14.2. The second kappa shape index (κ2) is 13.0. The number of ether oxygens (including phenoxy) is 2. The van der Waals surface area contributed by atoms with Gasteiger partial charge < -0.3 is 13.9 Å². The molecule has 0 bridgehead atoms. The number of hydrogen-bond donors (Lipinski definition) is 0. The van der Waals surface area contributed by atoms with Crippen LogP contribution in [0.1, 0.15) is 66.0 Å². The third-order valence-electron chi connectivity index (χ3n) is 6.32. The molecular formula is C31H31F2NO4. The van der Waals surface area contributed by atoms with Crippen LogP contribution in [-0.4, -0.2) is 17.6 Å². The number of rotatable bonds is 7. The molecule has 0 aliphatic heterocycles. The van der Waals surface area contributed by atoms with Crippen LogP contribution < -0.4 is 4.74 Å². The normalized spacial score (nSPS) is 13.1. The Kier molecular flexibility index (Phi) is 9.25. The smallest absolute Gasteiger partial charge is 0.360 e. The number of oxazole rings is 1. The first kappa shape index (κ1) is 27.0. The lowest BCUT2D eigenvalue weighted by molar-refractivity contribution is 0.0519. The summed E-state index contributed by atoms with van der Waals surface area (Å²) in [6.07, 6.45) is 6.07. The largest absolute Gasteiger partial charge is 0.485 e. The summed E-state index contributed by atoms with van der Waals surface area (Å²) >= 11 is 0. The number of esters is 1. The summed E-state index contributed by atoms with van der Waals surface area (Å²) in [4.78, 5) is 15.5. The Morgan fingerprint density at radius 1 is 0.974 bits per heavy atom. The van der Waals surface area contributed by atoms with E-state index in [-0.39, 0.29) is 12.4 Å². The number of halogens is 2. The fourth-order valence-corrected chi connectivity index (χ4v) is 4.39. The summed E-state index contributed by atoms with van der Waals surface area (Å²) in [6.45, 7) is 4.23. The maximum atomic E-state index is 14.2. The molecule has 0 spiro atoms. The molecule has 5 nitrogen and oxygen atoms in total. The van der Waals surface area contributed by atoms with Crippen molar-refractivity contribution in [2.75, 3.05) is 6.61 Å². The highest BCUT2D eigenvalue weighted by molar-refractivity contribution is 5.86. The zero-order valence-corrected chi connectivity index (χ0v) is 21.6. The van der Waals surface area contributed by atoms with Gasteiger partial charge in [0.2, 0.25) is 0 Å². The number of para-hydroxylation sites is 1. The van der Waals surface area contributed by atoms with Crippen molar-refractivity contribution in [2.45, 2.75) is 52.1 Å². The molecule has 1 heterocycles. The molecule has 0 N–H and O–H groups in total. The first-order chi connectivity index (χ1) is 18.5. The van der Waals surface area contributed by atoms with Crippen molar-refractivity contribution >= 4 is 5.97 Å². The Morgan fingerprint density at radius 3 is 2.47 bits per heavy atom. The van der Waals surface area contributed by atoms with E-state index in [1.807, 2.05) is 37.3 Å². The van der Waals surface area contributed by atoms with E-state index in [0.29, 0.717) is 35.2 Å². The number of benzene rings is 3. The van der Waals surface area contributed by atoms with Crippen molar-refractivity contribution < 1.29 is 27.5 Å². The second-order valence-electron chi connectivity index (χ2n) is 9.15. The van der Waals surface area contributed by atoms with Crippen LogP contribution >= 0.6 is 0 Å². The van der Waals surface area contributed by atoms with E-state index in [2.05, 4.69) is 4.98 Å². The van der Waals surface area contributed by atoms with Gasteiger partial charge in [-0.2, -0.15) is 0 Å². The Labute approximate surface area is 221 Å². The van der Waals surface area contributed by atoms with E-state index >= 15 is 0 Å². The molecular weight excluding hydrogens is 488 g/mol. The topological polar surface area (TPSA) is 61.6 Å². The molecule has 1 aliphatic carbocycles. The number of nitrogens with zero attached hydrogens (tertiary/aromatic N) is 1. The minimum absolute atomic E-state index is 0.0702. The Bertz CT molecular complexity index is 1350. The first-order valence-electron chi connectivity index (χ1n) is 12.8. The van der Waals surface area contributed by atoms with Gasteiger partial charge >= 0.3 is 5.97 Å². The number of hydrogen-bond acceptors (Lipinski definition) is 5. The fourth-order valence-electron chi connectivity index (χ4n) is 4.39. The molecule has 7 heteroatoms. The van der Waals surface area contributed by atoms with Gasteiger partial charge in [-0.3, -0.25) is 0 Å². The first-order valence-corrected chi connectivity index (χ1v) is 12.8. The lowest BCUT2D eigenvalue weighted by atomic mass is 10.0. The second-order valence-corrected chi connectivity index (χ2v) is 9.15. The lowest BCUT2D eigenvalue weighted by Crippen LogP contribution is -2.05. The van der Waals surface area contributed by atoms with Gasteiger partial charge in [-0.1, -0.05) is 66.9 Å². The molecule has 0 unspecified atom stereocenters.